The van der Waals surface area contributed by atoms with E-state index in [0.717, 1.165) is 48.1 Å². The van der Waals surface area contributed by atoms with Crippen LogP contribution >= 0.6 is 0 Å². The number of rotatable bonds is 8. The molecule has 5 nitrogen and oxygen atoms in total. The van der Waals surface area contributed by atoms with Gasteiger partial charge in [0.15, 0.2) is 0 Å². The number of nitrogens with one attached hydrogen (secondary N) is 2. The van der Waals surface area contributed by atoms with Crippen LogP contribution in [0.15, 0.2) is 36.4 Å². The highest BCUT2D eigenvalue weighted by Gasteiger charge is 2.50. The van der Waals surface area contributed by atoms with Crippen molar-refractivity contribution >= 4 is 16.6 Å². The van der Waals surface area contributed by atoms with E-state index < -0.39 is 17.7 Å². The summed E-state index contributed by atoms with van der Waals surface area (Å²) in [6, 6.07) is 10.5. The summed E-state index contributed by atoms with van der Waals surface area (Å²) in [5.74, 6) is -1.01. The molecule has 1 unspecified atom stereocenters. The number of aliphatic hydroxyl groups is 1. The van der Waals surface area contributed by atoms with Gasteiger partial charge in [0.25, 0.3) is 0 Å². The van der Waals surface area contributed by atoms with Gasteiger partial charge in [0, 0.05) is 66.2 Å². The van der Waals surface area contributed by atoms with Gasteiger partial charge in [0.2, 0.25) is 0 Å². The Bertz CT molecular complexity index is 1230. The first-order chi connectivity index (χ1) is 17.5. The fourth-order valence-corrected chi connectivity index (χ4v) is 6.37. The molecule has 0 spiro atoms. The normalized spacial score (nSPS) is 26.7. The zero-order valence-corrected chi connectivity index (χ0v) is 20.5. The number of anilines is 1. The van der Waals surface area contributed by atoms with E-state index in [0.29, 0.717) is 18.7 Å². The summed E-state index contributed by atoms with van der Waals surface area (Å²) >= 11 is 0. The predicted molar refractivity (Wildman–Crippen MR) is 135 cm³/mol. The molecule has 1 saturated heterocycles. The first kappa shape index (κ1) is 23.8. The molecule has 4 atom stereocenters. The van der Waals surface area contributed by atoms with Gasteiger partial charge in [-0.15, -0.1) is 0 Å². The van der Waals surface area contributed by atoms with Gasteiger partial charge >= 0.3 is 0 Å². The molecule has 0 bridgehead atoms. The summed E-state index contributed by atoms with van der Waals surface area (Å²) in [5, 5.41) is 14.1. The Morgan fingerprint density at radius 1 is 1.14 bits per heavy atom. The Balaban J connectivity index is 1.34. The van der Waals surface area contributed by atoms with Crippen LogP contribution in [0.5, 0.6) is 0 Å². The number of aliphatic hydroxyl groups excluding tert-OH is 1. The highest BCUT2D eigenvalue weighted by molar-refractivity contribution is 5.85. The number of fused-ring (bicyclic) bond motifs is 3. The van der Waals surface area contributed by atoms with Crippen molar-refractivity contribution < 1.29 is 18.3 Å². The number of likely N-dealkylation sites (tertiary alicyclic amines) is 1. The van der Waals surface area contributed by atoms with E-state index in [1.165, 1.54) is 12.1 Å². The Morgan fingerprint density at radius 2 is 1.89 bits per heavy atom. The first-order valence-electron chi connectivity index (χ1n) is 13.0. The van der Waals surface area contributed by atoms with E-state index >= 15 is 8.78 Å². The number of hydrogen-bond acceptors (Lipinski definition) is 4. The van der Waals surface area contributed by atoms with Gasteiger partial charge in [-0.2, -0.15) is 0 Å². The fraction of sp³-hybridized carbons (Fsp3) is 0.500. The Morgan fingerprint density at radius 3 is 2.58 bits per heavy atom. The average Bonchev–Trinajstić information content (AvgIpc) is 3.52. The number of aromatic amines is 1. The molecule has 3 heterocycles. The van der Waals surface area contributed by atoms with Gasteiger partial charge in [-0.1, -0.05) is 18.2 Å². The SMILES string of the molecule is CC1Cc2c([nH]c3ccccc23)[C@@H](c2c(F)cc(NC3CN(CCCF)C3)cc2F)N1[C@@H]1C[C@H]1CO. The van der Waals surface area contributed by atoms with Gasteiger partial charge in [0.1, 0.15) is 11.6 Å². The lowest BCUT2D eigenvalue weighted by molar-refractivity contribution is 0.118. The van der Waals surface area contributed by atoms with Crippen LogP contribution in [0.25, 0.3) is 10.9 Å². The molecule has 3 N–H and O–H groups in total. The van der Waals surface area contributed by atoms with Gasteiger partial charge in [-0.3, -0.25) is 14.2 Å². The predicted octanol–water partition coefficient (Wildman–Crippen LogP) is 4.62. The van der Waals surface area contributed by atoms with Crippen LogP contribution in [0.1, 0.15) is 42.6 Å². The molecule has 2 aromatic carbocycles. The number of nitrogens with zero attached hydrogens (tertiary/aromatic N) is 2. The molecule has 0 amide bonds. The van der Waals surface area contributed by atoms with Crippen LogP contribution in [0.3, 0.4) is 0 Å². The number of hydrogen-bond donors (Lipinski definition) is 3. The molecule has 8 heteroatoms. The minimum Gasteiger partial charge on any atom is -0.396 e. The molecule has 192 valence electrons. The van der Waals surface area contributed by atoms with Crippen LogP contribution < -0.4 is 5.32 Å². The molecule has 3 aliphatic rings. The maximum absolute atomic E-state index is 15.8. The highest BCUT2D eigenvalue weighted by atomic mass is 19.1. The van der Waals surface area contributed by atoms with Gasteiger partial charge in [-0.25, -0.2) is 8.78 Å². The Kier molecular flexibility index (Phi) is 6.22. The van der Waals surface area contributed by atoms with E-state index in [1.54, 1.807) is 0 Å². The highest BCUT2D eigenvalue weighted by Crippen LogP contribution is 2.49. The van der Waals surface area contributed by atoms with Gasteiger partial charge in [-0.05, 0) is 55.9 Å². The van der Waals surface area contributed by atoms with E-state index in [4.69, 9.17) is 0 Å². The van der Waals surface area contributed by atoms with E-state index in [2.05, 4.69) is 33.1 Å². The van der Waals surface area contributed by atoms with Gasteiger partial charge < -0.3 is 15.4 Å². The topological polar surface area (TPSA) is 54.5 Å². The van der Waals surface area contributed by atoms with Crippen molar-refractivity contribution in [1.29, 1.82) is 0 Å². The summed E-state index contributed by atoms with van der Waals surface area (Å²) < 4.78 is 44.0. The maximum Gasteiger partial charge on any atom is 0.133 e. The zero-order valence-electron chi connectivity index (χ0n) is 20.5. The number of alkyl halides is 1. The molecular formula is C28H33F3N4O. The van der Waals surface area contributed by atoms with Crippen LogP contribution in [0.4, 0.5) is 18.9 Å². The van der Waals surface area contributed by atoms with Crippen molar-refractivity contribution in [2.75, 3.05) is 38.2 Å². The number of halogens is 3. The summed E-state index contributed by atoms with van der Waals surface area (Å²) in [6.07, 6.45) is 2.12. The number of H-pyrrole nitrogens is 1. The quantitative estimate of drug-likeness (QED) is 0.424. The molecule has 1 saturated carbocycles. The molecular weight excluding hydrogens is 465 g/mol. The Hall–Kier alpha value is -2.55. The van der Waals surface area contributed by atoms with Crippen molar-refractivity contribution in [1.82, 2.24) is 14.8 Å². The lowest BCUT2D eigenvalue weighted by Gasteiger charge is -2.42. The molecule has 1 aliphatic carbocycles. The Labute approximate surface area is 209 Å². The largest absolute Gasteiger partial charge is 0.396 e. The first-order valence-corrected chi connectivity index (χ1v) is 13.0. The molecule has 1 aromatic heterocycles. The summed E-state index contributed by atoms with van der Waals surface area (Å²) in [6.45, 7) is 4.04. The molecule has 3 aromatic rings. The summed E-state index contributed by atoms with van der Waals surface area (Å²) in [7, 11) is 0. The van der Waals surface area contributed by atoms with E-state index in [-0.39, 0.29) is 42.9 Å². The second-order valence-electron chi connectivity index (χ2n) is 10.7. The van der Waals surface area contributed by atoms with Crippen LogP contribution in [0, 0.1) is 17.6 Å². The van der Waals surface area contributed by atoms with Gasteiger partial charge in [0.05, 0.1) is 18.8 Å². The van der Waals surface area contributed by atoms with Crippen LogP contribution in [-0.4, -0.2) is 70.9 Å². The summed E-state index contributed by atoms with van der Waals surface area (Å²) in [4.78, 5) is 7.83. The van der Waals surface area contributed by atoms with Crippen molar-refractivity contribution in [2.24, 2.45) is 5.92 Å². The lowest BCUT2D eigenvalue weighted by Crippen LogP contribution is -2.54. The maximum atomic E-state index is 15.8. The van der Waals surface area contributed by atoms with Crippen molar-refractivity contribution in [3.8, 4) is 0 Å². The minimum atomic E-state index is -0.591. The lowest BCUT2D eigenvalue weighted by atomic mass is 9.87. The molecule has 6 rings (SSSR count). The number of benzene rings is 2. The van der Waals surface area contributed by atoms with Crippen molar-refractivity contribution in [3.63, 3.8) is 0 Å². The van der Waals surface area contributed by atoms with Crippen molar-refractivity contribution in [3.05, 3.63) is 64.9 Å². The number of aromatic nitrogens is 1. The zero-order chi connectivity index (χ0) is 25.0. The average molecular weight is 499 g/mol. The smallest absolute Gasteiger partial charge is 0.133 e. The van der Waals surface area contributed by atoms with E-state index in [9.17, 15) is 9.50 Å². The second kappa shape index (κ2) is 9.39. The third kappa shape index (κ3) is 4.09. The second-order valence-corrected chi connectivity index (χ2v) is 10.7. The standard InChI is InChI=1S/C28H33F3N4O/c1-16-9-21-20-5-2-3-6-24(20)33-27(21)28(35(16)25-10-17(25)15-36)26-22(30)11-18(12-23(26)31)32-19-13-34(14-19)8-4-7-29/h2-3,5-6,11-12,16-17,19,25,28,32-33,36H,4,7-10,13-15H2,1H3/t16?,17-,25+,28+/m0/s1. The van der Waals surface area contributed by atoms with Crippen molar-refractivity contribution in [2.45, 2.75) is 50.4 Å². The third-order valence-electron chi connectivity index (χ3n) is 8.22. The van der Waals surface area contributed by atoms with Crippen LogP contribution in [-0.2, 0) is 6.42 Å². The number of para-hydroxylation sites is 1. The molecule has 0 radical (unpaired) electrons. The third-order valence-corrected chi connectivity index (χ3v) is 8.22. The molecule has 2 fully saturated rings. The van der Waals surface area contributed by atoms with E-state index in [1.807, 2.05) is 18.2 Å². The monoisotopic (exact) mass is 498 g/mol. The molecule has 2 aliphatic heterocycles. The van der Waals surface area contributed by atoms with Crippen LogP contribution in [0.2, 0.25) is 0 Å². The minimum absolute atomic E-state index is 0.0571. The summed E-state index contributed by atoms with van der Waals surface area (Å²) in [5.41, 5.74) is 3.42. The molecule has 36 heavy (non-hydrogen) atoms. The fourth-order valence-electron chi connectivity index (χ4n) is 6.37.